The number of ether oxygens (including phenoxy) is 1. The highest BCUT2D eigenvalue weighted by atomic mass is 35.5. The van der Waals surface area contributed by atoms with Gasteiger partial charge in [0.05, 0.1) is 24.5 Å². The molecule has 0 unspecified atom stereocenters. The monoisotopic (exact) mass is 380 g/mol. The van der Waals surface area contributed by atoms with Crippen LogP contribution in [0, 0.1) is 6.92 Å². The average Bonchev–Trinajstić information content (AvgIpc) is 2.58. The Hall–Kier alpha value is -2.09. The number of amides is 2. The number of benzene rings is 2. The van der Waals surface area contributed by atoms with Crippen molar-refractivity contribution in [3.8, 4) is 0 Å². The topological polar surface area (TPSA) is 66.9 Å². The minimum absolute atomic E-state index is 0.0741. The van der Waals surface area contributed by atoms with E-state index in [1.807, 2.05) is 0 Å². The number of anilines is 2. The van der Waals surface area contributed by atoms with Crippen LogP contribution in [0.4, 0.5) is 16.2 Å². The number of aryl methyl sites for hydroxylation is 1. The molecule has 2 amide bonds. The molecule has 0 spiro atoms. The molecule has 1 heterocycles. The van der Waals surface area contributed by atoms with Crippen molar-refractivity contribution in [3.05, 3.63) is 53.1 Å². The molecule has 0 aromatic heterocycles. The zero-order valence-electron chi connectivity index (χ0n) is 13.8. The molecule has 0 saturated carbocycles. The lowest BCUT2D eigenvalue weighted by molar-refractivity contribution is 0.203. The van der Waals surface area contributed by atoms with Crippen molar-refractivity contribution in [2.24, 2.45) is 0 Å². The first kappa shape index (κ1) is 17.7. The van der Waals surface area contributed by atoms with Crippen molar-refractivity contribution in [1.82, 2.24) is 0 Å². The van der Waals surface area contributed by atoms with E-state index in [9.17, 15) is 13.2 Å². The molecule has 132 valence electrons. The molecule has 1 aliphatic rings. The van der Waals surface area contributed by atoms with Crippen molar-refractivity contribution in [2.45, 2.75) is 11.8 Å². The molecule has 0 atom stereocenters. The first-order chi connectivity index (χ1) is 11.9. The van der Waals surface area contributed by atoms with Crippen LogP contribution in [-0.2, 0) is 14.8 Å². The molecule has 25 heavy (non-hydrogen) atoms. The Labute approximate surface area is 151 Å². The molecule has 0 aliphatic carbocycles. The number of fused-ring (bicyclic) bond motifs is 1. The Morgan fingerprint density at radius 3 is 2.56 bits per heavy atom. The number of carbonyl (C=O) groups is 1. The van der Waals surface area contributed by atoms with Crippen LogP contribution < -0.4 is 9.21 Å². The van der Waals surface area contributed by atoms with E-state index < -0.39 is 16.1 Å². The van der Waals surface area contributed by atoms with E-state index in [4.69, 9.17) is 16.3 Å². The first-order valence-electron chi connectivity index (χ1n) is 7.59. The van der Waals surface area contributed by atoms with E-state index in [2.05, 4.69) is 0 Å². The fourth-order valence-corrected chi connectivity index (χ4v) is 4.56. The molecule has 2 aromatic carbocycles. The van der Waals surface area contributed by atoms with Crippen molar-refractivity contribution >= 4 is 39.0 Å². The number of sulfonamides is 1. The lowest BCUT2D eigenvalue weighted by Gasteiger charge is -2.36. The lowest BCUT2D eigenvalue weighted by atomic mass is 10.2. The predicted molar refractivity (Wildman–Crippen MR) is 96.9 cm³/mol. The molecule has 8 heteroatoms. The molecule has 3 rings (SSSR count). The molecule has 0 saturated heterocycles. The van der Waals surface area contributed by atoms with Crippen molar-refractivity contribution in [2.75, 3.05) is 29.5 Å². The van der Waals surface area contributed by atoms with Crippen LogP contribution in [0.15, 0.2) is 47.4 Å². The number of hydrogen-bond acceptors (Lipinski definition) is 4. The van der Waals surface area contributed by atoms with E-state index >= 15 is 0 Å². The maximum atomic E-state index is 13.1. The van der Waals surface area contributed by atoms with Gasteiger partial charge in [-0.15, -0.1) is 0 Å². The summed E-state index contributed by atoms with van der Waals surface area (Å²) in [6, 6.07) is 10.6. The molecular weight excluding hydrogens is 364 g/mol. The Balaban J connectivity index is 2.23. The van der Waals surface area contributed by atoms with Crippen molar-refractivity contribution < 1.29 is 17.9 Å². The third-order valence-corrected chi connectivity index (χ3v) is 5.96. The quantitative estimate of drug-likeness (QED) is 0.815. The predicted octanol–water partition coefficient (Wildman–Crippen LogP) is 3.43. The molecular formula is C17H17ClN2O4S. The number of para-hydroxylation sites is 1. The summed E-state index contributed by atoms with van der Waals surface area (Å²) in [4.78, 5) is 14.5. The molecule has 0 fully saturated rings. The Bertz CT molecular complexity index is 930. The summed E-state index contributed by atoms with van der Waals surface area (Å²) in [6.45, 7) is 2.24. The second-order valence-corrected chi connectivity index (χ2v) is 7.79. The fraction of sp³-hybridized carbons (Fsp3) is 0.235. The number of nitrogens with zero attached hydrogens (tertiary/aromatic N) is 2. The van der Waals surface area contributed by atoms with Crippen molar-refractivity contribution in [1.29, 1.82) is 0 Å². The van der Waals surface area contributed by atoms with E-state index in [0.717, 1.165) is 4.31 Å². The SMILES string of the molecule is COCCN1C(=O)N(c2cc(Cl)ccc2C)S(=O)(=O)c2ccccc21. The van der Waals surface area contributed by atoms with Crippen LogP contribution in [0.3, 0.4) is 0 Å². The van der Waals surface area contributed by atoms with Gasteiger partial charge in [-0.25, -0.2) is 13.2 Å². The molecule has 2 aromatic rings. The summed E-state index contributed by atoms with van der Waals surface area (Å²) in [5, 5.41) is 0.353. The van der Waals surface area contributed by atoms with E-state index in [-0.39, 0.29) is 23.7 Å². The second-order valence-electron chi connectivity index (χ2n) is 5.59. The summed E-state index contributed by atoms with van der Waals surface area (Å²) < 4.78 is 32.1. The highest BCUT2D eigenvalue weighted by molar-refractivity contribution is 7.94. The number of hydrogen-bond donors (Lipinski definition) is 0. The maximum Gasteiger partial charge on any atom is 0.343 e. The van der Waals surface area contributed by atoms with Crippen molar-refractivity contribution in [3.63, 3.8) is 0 Å². The third-order valence-electron chi connectivity index (χ3n) is 3.99. The number of carbonyl (C=O) groups excluding carboxylic acids is 1. The van der Waals surface area contributed by atoms with Crippen LogP contribution in [0.25, 0.3) is 0 Å². The number of methoxy groups -OCH3 is 1. The van der Waals surface area contributed by atoms with Crippen LogP contribution in [0.2, 0.25) is 5.02 Å². The Morgan fingerprint density at radius 1 is 1.12 bits per heavy atom. The van der Waals surface area contributed by atoms with Gasteiger partial charge in [0, 0.05) is 12.1 Å². The van der Waals surface area contributed by atoms with Gasteiger partial charge in [0.25, 0.3) is 10.0 Å². The number of rotatable bonds is 4. The summed E-state index contributed by atoms with van der Waals surface area (Å²) in [5.41, 5.74) is 1.22. The largest absolute Gasteiger partial charge is 0.383 e. The summed E-state index contributed by atoms with van der Waals surface area (Å²) in [6.07, 6.45) is 0. The minimum atomic E-state index is -4.04. The average molecular weight is 381 g/mol. The normalized spacial score (nSPS) is 16.0. The number of urea groups is 1. The van der Waals surface area contributed by atoms with Crippen LogP contribution >= 0.6 is 11.6 Å². The van der Waals surface area contributed by atoms with Crippen LogP contribution in [0.5, 0.6) is 0 Å². The van der Waals surface area contributed by atoms with E-state index in [1.54, 1.807) is 37.3 Å². The molecule has 0 N–H and O–H groups in total. The highest BCUT2D eigenvalue weighted by Gasteiger charge is 2.42. The van der Waals surface area contributed by atoms with Gasteiger partial charge < -0.3 is 4.74 Å². The third kappa shape index (κ3) is 2.99. The standard InChI is InChI=1S/C17H17ClN2O4S/c1-12-7-8-13(18)11-15(12)20-17(21)19(9-10-24-2)14-5-3-4-6-16(14)25(20,22)23/h3-8,11H,9-10H2,1-2H3. The summed E-state index contributed by atoms with van der Waals surface area (Å²) in [5.74, 6) is 0. The fourth-order valence-electron chi connectivity index (χ4n) is 2.74. The van der Waals surface area contributed by atoms with Gasteiger partial charge in [-0.2, -0.15) is 4.31 Å². The molecule has 0 radical (unpaired) electrons. The summed E-state index contributed by atoms with van der Waals surface area (Å²) in [7, 11) is -2.52. The number of halogens is 1. The zero-order chi connectivity index (χ0) is 18.2. The smallest absolute Gasteiger partial charge is 0.343 e. The molecule has 0 bridgehead atoms. The highest BCUT2D eigenvalue weighted by Crippen LogP contribution is 2.38. The van der Waals surface area contributed by atoms with Gasteiger partial charge >= 0.3 is 6.03 Å². The minimum Gasteiger partial charge on any atom is -0.383 e. The Morgan fingerprint density at radius 2 is 1.84 bits per heavy atom. The zero-order valence-corrected chi connectivity index (χ0v) is 15.3. The molecule has 6 nitrogen and oxygen atoms in total. The van der Waals surface area contributed by atoms with Gasteiger partial charge in [0.1, 0.15) is 4.90 Å². The maximum absolute atomic E-state index is 13.1. The van der Waals surface area contributed by atoms with Gasteiger partial charge in [0.15, 0.2) is 0 Å². The second kappa shape index (κ2) is 6.67. The van der Waals surface area contributed by atoms with Gasteiger partial charge in [-0.3, -0.25) is 4.90 Å². The van der Waals surface area contributed by atoms with E-state index in [0.29, 0.717) is 16.3 Å². The van der Waals surface area contributed by atoms with Gasteiger partial charge in [-0.1, -0.05) is 29.8 Å². The molecule has 1 aliphatic heterocycles. The Kier molecular flexibility index (Phi) is 4.73. The van der Waals surface area contributed by atoms with Crippen LogP contribution in [0.1, 0.15) is 5.56 Å². The van der Waals surface area contributed by atoms with Gasteiger partial charge in [0.2, 0.25) is 0 Å². The summed E-state index contributed by atoms with van der Waals surface area (Å²) >= 11 is 6.03. The van der Waals surface area contributed by atoms with E-state index in [1.165, 1.54) is 24.1 Å². The first-order valence-corrected chi connectivity index (χ1v) is 9.40. The lowest BCUT2D eigenvalue weighted by Crippen LogP contribution is -2.52. The van der Waals surface area contributed by atoms with Crippen LogP contribution in [-0.4, -0.2) is 34.7 Å². The van der Waals surface area contributed by atoms with Gasteiger partial charge in [-0.05, 0) is 36.8 Å².